The molecular weight excluding hydrogens is 310 g/mol. The van der Waals surface area contributed by atoms with E-state index in [1.807, 2.05) is 0 Å². The van der Waals surface area contributed by atoms with Crippen molar-refractivity contribution in [3.8, 4) is 0 Å². The van der Waals surface area contributed by atoms with Crippen LogP contribution in [0.2, 0.25) is 5.02 Å². The molecule has 0 radical (unpaired) electrons. The van der Waals surface area contributed by atoms with Gasteiger partial charge in [0.2, 0.25) is 10.0 Å². The van der Waals surface area contributed by atoms with Crippen molar-refractivity contribution >= 4 is 39.4 Å². The molecule has 0 amide bonds. The summed E-state index contributed by atoms with van der Waals surface area (Å²) in [7, 11) is -3.84. The second-order valence-corrected chi connectivity index (χ2v) is 7.38. The predicted molar refractivity (Wildman–Crippen MR) is 74.0 cm³/mol. The standard InChI is InChI=1S/C11H12ClNO4S2/c1-7-8(12)3-2-4-10(7)19(16,17)13-6-18-5-9(13)11(14)15/h2-4,9H,5-6H2,1H3,(H,14,15)/t9-/m0/s1. The van der Waals surface area contributed by atoms with Gasteiger partial charge in [-0.05, 0) is 24.6 Å². The van der Waals surface area contributed by atoms with E-state index >= 15 is 0 Å². The number of carboxylic acid groups (broad SMARTS) is 1. The van der Waals surface area contributed by atoms with Gasteiger partial charge in [0.1, 0.15) is 6.04 Å². The van der Waals surface area contributed by atoms with Gasteiger partial charge in [0.05, 0.1) is 10.8 Å². The van der Waals surface area contributed by atoms with E-state index in [9.17, 15) is 13.2 Å². The first-order valence-electron chi connectivity index (χ1n) is 5.43. The van der Waals surface area contributed by atoms with Gasteiger partial charge in [-0.25, -0.2) is 8.42 Å². The van der Waals surface area contributed by atoms with Crippen LogP contribution < -0.4 is 0 Å². The number of halogens is 1. The van der Waals surface area contributed by atoms with Gasteiger partial charge < -0.3 is 5.11 Å². The first kappa shape index (κ1) is 14.6. The molecule has 0 aromatic heterocycles. The first-order valence-corrected chi connectivity index (χ1v) is 8.40. The molecule has 1 aliphatic rings. The Kier molecular flexibility index (Phi) is 4.10. The fraction of sp³-hybridized carbons (Fsp3) is 0.364. The molecule has 19 heavy (non-hydrogen) atoms. The average molecular weight is 322 g/mol. The number of aliphatic carboxylic acids is 1. The maximum absolute atomic E-state index is 12.5. The molecule has 1 N–H and O–H groups in total. The van der Waals surface area contributed by atoms with Crippen molar-refractivity contribution in [2.75, 3.05) is 11.6 Å². The van der Waals surface area contributed by atoms with E-state index in [0.717, 1.165) is 4.31 Å². The Balaban J connectivity index is 2.48. The zero-order valence-corrected chi connectivity index (χ0v) is 12.4. The Bertz CT molecular complexity index is 617. The highest BCUT2D eigenvalue weighted by molar-refractivity contribution is 8.00. The lowest BCUT2D eigenvalue weighted by molar-refractivity contribution is -0.140. The lowest BCUT2D eigenvalue weighted by Crippen LogP contribution is -2.41. The normalized spacial score (nSPS) is 20.6. The molecule has 1 saturated heterocycles. The van der Waals surface area contributed by atoms with Crippen molar-refractivity contribution in [2.24, 2.45) is 0 Å². The van der Waals surface area contributed by atoms with E-state index in [-0.39, 0.29) is 16.5 Å². The summed E-state index contributed by atoms with van der Waals surface area (Å²) in [5, 5.41) is 9.42. The van der Waals surface area contributed by atoms with E-state index in [0.29, 0.717) is 10.6 Å². The molecule has 0 unspecified atom stereocenters. The molecule has 1 aliphatic heterocycles. The third-order valence-corrected chi connectivity index (χ3v) is 6.52. The monoisotopic (exact) mass is 321 g/mol. The van der Waals surface area contributed by atoms with Crippen LogP contribution in [0.25, 0.3) is 0 Å². The molecule has 1 atom stereocenters. The molecule has 2 rings (SSSR count). The molecule has 8 heteroatoms. The van der Waals surface area contributed by atoms with Crippen molar-refractivity contribution < 1.29 is 18.3 Å². The van der Waals surface area contributed by atoms with E-state index in [1.165, 1.54) is 17.8 Å². The number of carbonyl (C=O) groups is 1. The Morgan fingerprint density at radius 1 is 1.53 bits per heavy atom. The molecule has 0 aliphatic carbocycles. The highest BCUT2D eigenvalue weighted by Crippen LogP contribution is 2.31. The van der Waals surface area contributed by atoms with Crippen LogP contribution in [0, 0.1) is 6.92 Å². The molecule has 0 saturated carbocycles. The lowest BCUT2D eigenvalue weighted by Gasteiger charge is -2.21. The highest BCUT2D eigenvalue weighted by Gasteiger charge is 2.40. The Morgan fingerprint density at radius 3 is 2.84 bits per heavy atom. The van der Waals surface area contributed by atoms with Crippen LogP contribution in [0.5, 0.6) is 0 Å². The number of benzene rings is 1. The SMILES string of the molecule is Cc1c(Cl)cccc1S(=O)(=O)N1CSC[C@H]1C(=O)O. The van der Waals surface area contributed by atoms with Gasteiger partial charge in [-0.3, -0.25) is 4.79 Å². The second-order valence-electron chi connectivity index (χ2n) is 4.11. The summed E-state index contributed by atoms with van der Waals surface area (Å²) < 4.78 is 26.0. The van der Waals surface area contributed by atoms with Crippen molar-refractivity contribution in [1.82, 2.24) is 4.31 Å². The summed E-state index contributed by atoms with van der Waals surface area (Å²) in [4.78, 5) is 11.2. The van der Waals surface area contributed by atoms with Gasteiger partial charge >= 0.3 is 5.97 Å². The van der Waals surface area contributed by atoms with Crippen molar-refractivity contribution in [3.05, 3.63) is 28.8 Å². The summed E-state index contributed by atoms with van der Waals surface area (Å²) in [6.45, 7) is 1.61. The van der Waals surface area contributed by atoms with Gasteiger partial charge in [-0.15, -0.1) is 11.8 Å². The predicted octanol–water partition coefficient (Wildman–Crippen LogP) is 1.80. The topological polar surface area (TPSA) is 74.7 Å². The van der Waals surface area contributed by atoms with Crippen LogP contribution in [0.3, 0.4) is 0 Å². The van der Waals surface area contributed by atoms with Gasteiger partial charge in [0.25, 0.3) is 0 Å². The molecular formula is C11H12ClNO4S2. The van der Waals surface area contributed by atoms with Gasteiger partial charge in [-0.2, -0.15) is 4.31 Å². The molecule has 0 spiro atoms. The summed E-state index contributed by atoms with van der Waals surface area (Å²) in [6, 6.07) is 3.57. The second kappa shape index (κ2) is 5.32. The summed E-state index contributed by atoms with van der Waals surface area (Å²) in [6.07, 6.45) is 0. The van der Waals surface area contributed by atoms with Crippen LogP contribution in [0.15, 0.2) is 23.1 Å². The minimum atomic E-state index is -3.84. The maximum atomic E-state index is 12.5. The van der Waals surface area contributed by atoms with Crippen molar-refractivity contribution in [1.29, 1.82) is 0 Å². The van der Waals surface area contributed by atoms with Crippen LogP contribution in [-0.4, -0.2) is 41.5 Å². The summed E-state index contributed by atoms with van der Waals surface area (Å²) in [5.41, 5.74) is 0.435. The molecule has 104 valence electrons. The fourth-order valence-electron chi connectivity index (χ4n) is 1.85. The lowest BCUT2D eigenvalue weighted by atomic mass is 10.2. The Morgan fingerprint density at radius 2 is 2.21 bits per heavy atom. The quantitative estimate of drug-likeness (QED) is 0.918. The third-order valence-electron chi connectivity index (χ3n) is 2.93. The van der Waals surface area contributed by atoms with Gasteiger partial charge in [-0.1, -0.05) is 17.7 Å². The smallest absolute Gasteiger partial charge is 0.322 e. The third kappa shape index (κ3) is 2.60. The van der Waals surface area contributed by atoms with Gasteiger partial charge in [0.15, 0.2) is 0 Å². The van der Waals surface area contributed by atoms with Crippen LogP contribution in [-0.2, 0) is 14.8 Å². The van der Waals surface area contributed by atoms with Gasteiger partial charge in [0, 0.05) is 10.8 Å². The van der Waals surface area contributed by atoms with Crippen LogP contribution in [0.4, 0.5) is 0 Å². The summed E-state index contributed by atoms with van der Waals surface area (Å²) >= 11 is 7.20. The molecule has 1 fully saturated rings. The minimum absolute atomic E-state index is 0.0637. The van der Waals surface area contributed by atoms with Crippen LogP contribution >= 0.6 is 23.4 Å². The number of rotatable bonds is 3. The van der Waals surface area contributed by atoms with E-state index in [1.54, 1.807) is 19.1 Å². The van der Waals surface area contributed by atoms with E-state index in [2.05, 4.69) is 0 Å². The number of nitrogens with zero attached hydrogens (tertiary/aromatic N) is 1. The average Bonchev–Trinajstić information content (AvgIpc) is 2.82. The minimum Gasteiger partial charge on any atom is -0.480 e. The van der Waals surface area contributed by atoms with E-state index < -0.39 is 22.0 Å². The number of hydrogen-bond donors (Lipinski definition) is 1. The first-order chi connectivity index (χ1) is 8.85. The molecule has 0 bridgehead atoms. The number of thioether (sulfide) groups is 1. The Hall–Kier alpha value is -0.760. The maximum Gasteiger partial charge on any atom is 0.322 e. The van der Waals surface area contributed by atoms with Crippen molar-refractivity contribution in [3.63, 3.8) is 0 Å². The highest BCUT2D eigenvalue weighted by atomic mass is 35.5. The zero-order chi connectivity index (χ0) is 14.2. The molecule has 5 nitrogen and oxygen atoms in total. The summed E-state index contributed by atoms with van der Waals surface area (Å²) in [5.74, 6) is -0.729. The molecule has 1 aromatic rings. The molecule has 1 heterocycles. The van der Waals surface area contributed by atoms with E-state index in [4.69, 9.17) is 16.7 Å². The zero-order valence-electron chi connectivity index (χ0n) is 10.0. The number of sulfonamides is 1. The van der Waals surface area contributed by atoms with Crippen molar-refractivity contribution in [2.45, 2.75) is 17.9 Å². The number of hydrogen-bond acceptors (Lipinski definition) is 4. The largest absolute Gasteiger partial charge is 0.480 e. The fourth-order valence-corrected chi connectivity index (χ4v) is 5.47. The Labute approximate surface area is 120 Å². The number of carboxylic acids is 1. The van der Waals surface area contributed by atoms with Crippen LogP contribution in [0.1, 0.15) is 5.56 Å². The molecule has 1 aromatic carbocycles.